The summed E-state index contributed by atoms with van der Waals surface area (Å²) >= 11 is 6.02. The second kappa shape index (κ2) is 7.65. The second-order valence-electron chi connectivity index (χ2n) is 6.76. The van der Waals surface area contributed by atoms with E-state index in [1.54, 1.807) is 7.11 Å². The number of fused-ring (bicyclic) bond motifs is 2. The number of nitrogens with one attached hydrogen (secondary N) is 2. The van der Waals surface area contributed by atoms with Gasteiger partial charge in [-0.3, -0.25) is 4.79 Å². The van der Waals surface area contributed by atoms with Crippen LogP contribution in [-0.2, 0) is 9.53 Å². The van der Waals surface area contributed by atoms with Gasteiger partial charge >= 0.3 is 0 Å². The van der Waals surface area contributed by atoms with E-state index in [2.05, 4.69) is 10.6 Å². The minimum Gasteiger partial charge on any atom is -0.375 e. The van der Waals surface area contributed by atoms with Crippen molar-refractivity contribution in [3.8, 4) is 0 Å². The first-order valence-electron chi connectivity index (χ1n) is 8.45. The molecule has 0 aromatic heterocycles. The molecule has 0 spiro atoms. The quantitative estimate of drug-likeness (QED) is 0.839. The Morgan fingerprint density at radius 1 is 1.39 bits per heavy atom. The topological polar surface area (TPSA) is 50.4 Å². The third kappa shape index (κ3) is 4.46. The molecule has 2 saturated heterocycles. The average Bonchev–Trinajstić information content (AvgIpc) is 2.87. The highest BCUT2D eigenvalue weighted by Gasteiger charge is 2.34. The van der Waals surface area contributed by atoms with Crippen molar-refractivity contribution in [3.63, 3.8) is 0 Å². The van der Waals surface area contributed by atoms with Crippen molar-refractivity contribution in [2.45, 2.75) is 50.3 Å². The molecule has 1 aromatic carbocycles. The van der Waals surface area contributed by atoms with Gasteiger partial charge in [-0.1, -0.05) is 23.7 Å². The zero-order chi connectivity index (χ0) is 16.2. The van der Waals surface area contributed by atoms with Gasteiger partial charge in [0.15, 0.2) is 0 Å². The van der Waals surface area contributed by atoms with Gasteiger partial charge in [-0.25, -0.2) is 0 Å². The molecule has 3 atom stereocenters. The number of carbonyl (C=O) groups is 1. The molecular weight excluding hydrogens is 312 g/mol. The Bertz CT molecular complexity index is 540. The minimum atomic E-state index is -0.165. The highest BCUT2D eigenvalue weighted by atomic mass is 35.5. The number of rotatable bonds is 6. The van der Waals surface area contributed by atoms with Crippen LogP contribution >= 0.6 is 11.6 Å². The molecule has 0 saturated carbocycles. The number of carbonyl (C=O) groups excluding carboxylic acids is 1. The van der Waals surface area contributed by atoms with Crippen LogP contribution in [0.2, 0.25) is 5.02 Å². The van der Waals surface area contributed by atoms with Gasteiger partial charge in [0.25, 0.3) is 0 Å². The summed E-state index contributed by atoms with van der Waals surface area (Å²) < 4.78 is 5.49. The average molecular weight is 337 g/mol. The molecular formula is C18H25ClN2O2. The van der Waals surface area contributed by atoms with Gasteiger partial charge in [0.05, 0.1) is 6.10 Å². The molecule has 1 amide bonds. The fourth-order valence-electron chi connectivity index (χ4n) is 3.93. The largest absolute Gasteiger partial charge is 0.375 e. The summed E-state index contributed by atoms with van der Waals surface area (Å²) in [6.07, 6.45) is 5.26. The van der Waals surface area contributed by atoms with E-state index in [0.29, 0.717) is 36.0 Å². The smallest absolute Gasteiger partial charge is 0.220 e. The Hall–Kier alpha value is -1.10. The first kappa shape index (κ1) is 16.7. The van der Waals surface area contributed by atoms with Crippen molar-refractivity contribution in [3.05, 3.63) is 34.9 Å². The first-order valence-corrected chi connectivity index (χ1v) is 8.83. The van der Waals surface area contributed by atoms with Gasteiger partial charge in [0.2, 0.25) is 5.91 Å². The molecule has 0 aliphatic carbocycles. The summed E-state index contributed by atoms with van der Waals surface area (Å²) in [5, 5.41) is 7.32. The minimum absolute atomic E-state index is 0.125. The van der Waals surface area contributed by atoms with Crippen molar-refractivity contribution in [2.75, 3.05) is 13.7 Å². The van der Waals surface area contributed by atoms with Crippen LogP contribution in [0.5, 0.6) is 0 Å². The predicted octanol–water partition coefficient (Wildman–Crippen LogP) is 3.06. The van der Waals surface area contributed by atoms with Gasteiger partial charge in [-0.15, -0.1) is 0 Å². The number of ether oxygens (including phenoxy) is 1. The van der Waals surface area contributed by atoms with Gasteiger partial charge in [0, 0.05) is 37.2 Å². The molecule has 1 aromatic rings. The van der Waals surface area contributed by atoms with E-state index in [-0.39, 0.29) is 12.0 Å². The van der Waals surface area contributed by atoms with Crippen LogP contribution in [0.4, 0.5) is 0 Å². The van der Waals surface area contributed by atoms with Crippen LogP contribution in [-0.4, -0.2) is 31.6 Å². The van der Waals surface area contributed by atoms with E-state index in [9.17, 15) is 4.79 Å². The molecule has 5 heteroatoms. The van der Waals surface area contributed by atoms with Gasteiger partial charge < -0.3 is 15.4 Å². The molecule has 0 radical (unpaired) electrons. The summed E-state index contributed by atoms with van der Waals surface area (Å²) in [5.41, 5.74) is 0.986. The Morgan fingerprint density at radius 3 is 2.78 bits per heavy atom. The monoisotopic (exact) mass is 336 g/mol. The number of piperidine rings is 1. The van der Waals surface area contributed by atoms with E-state index in [4.69, 9.17) is 16.3 Å². The van der Waals surface area contributed by atoms with Gasteiger partial charge in [-0.05, 0) is 49.3 Å². The molecule has 3 rings (SSSR count). The van der Waals surface area contributed by atoms with Gasteiger partial charge in [0.1, 0.15) is 0 Å². The van der Waals surface area contributed by atoms with Crippen molar-refractivity contribution in [1.29, 1.82) is 0 Å². The maximum atomic E-state index is 12.3. The molecule has 2 fully saturated rings. The van der Waals surface area contributed by atoms with Crippen molar-refractivity contribution >= 4 is 17.5 Å². The lowest BCUT2D eigenvalue weighted by molar-refractivity contribution is -0.122. The molecule has 2 aliphatic rings. The summed E-state index contributed by atoms with van der Waals surface area (Å²) in [6, 6.07) is 8.84. The van der Waals surface area contributed by atoms with Crippen molar-refractivity contribution in [2.24, 2.45) is 5.92 Å². The van der Waals surface area contributed by atoms with E-state index in [1.165, 1.54) is 12.8 Å². The molecule has 23 heavy (non-hydrogen) atoms. The van der Waals surface area contributed by atoms with Crippen molar-refractivity contribution < 1.29 is 9.53 Å². The fraction of sp³-hybridized carbons (Fsp3) is 0.611. The molecule has 2 bridgehead atoms. The normalized spacial score (nSPS) is 27.7. The Balaban J connectivity index is 1.47. The van der Waals surface area contributed by atoms with E-state index >= 15 is 0 Å². The fourth-order valence-corrected chi connectivity index (χ4v) is 4.13. The van der Waals surface area contributed by atoms with Crippen LogP contribution in [0.3, 0.4) is 0 Å². The highest BCUT2D eigenvalue weighted by molar-refractivity contribution is 6.30. The number of hydrogen-bond donors (Lipinski definition) is 2. The molecule has 126 valence electrons. The number of benzene rings is 1. The number of halogens is 1. The summed E-state index contributed by atoms with van der Waals surface area (Å²) in [6.45, 7) is 0.480. The lowest BCUT2D eigenvalue weighted by Gasteiger charge is -2.28. The van der Waals surface area contributed by atoms with E-state index in [0.717, 1.165) is 18.4 Å². The second-order valence-corrected chi connectivity index (χ2v) is 7.20. The van der Waals surface area contributed by atoms with E-state index in [1.807, 2.05) is 24.3 Å². The van der Waals surface area contributed by atoms with Crippen molar-refractivity contribution in [1.82, 2.24) is 10.6 Å². The first-order chi connectivity index (χ1) is 11.1. The van der Waals surface area contributed by atoms with Crippen LogP contribution in [0.25, 0.3) is 0 Å². The third-order valence-corrected chi connectivity index (χ3v) is 5.27. The summed E-state index contributed by atoms with van der Waals surface area (Å²) in [7, 11) is 1.65. The zero-order valence-electron chi connectivity index (χ0n) is 13.6. The zero-order valence-corrected chi connectivity index (χ0v) is 14.3. The summed E-state index contributed by atoms with van der Waals surface area (Å²) in [5.74, 6) is 0.640. The lowest BCUT2D eigenvalue weighted by atomic mass is 9.89. The third-order valence-electron chi connectivity index (χ3n) is 5.03. The predicted molar refractivity (Wildman–Crippen MR) is 91.5 cm³/mol. The molecule has 2 N–H and O–H groups in total. The SMILES string of the molecule is COC(CNC(=O)CC1CC2CCC(C1)N2)c1cccc(Cl)c1. The molecule has 2 heterocycles. The van der Waals surface area contributed by atoms with E-state index < -0.39 is 0 Å². The number of hydrogen-bond acceptors (Lipinski definition) is 3. The Labute approximate surface area is 142 Å². The molecule has 4 nitrogen and oxygen atoms in total. The molecule has 2 aliphatic heterocycles. The standard InChI is InChI=1S/C18H25ClN2O2/c1-23-17(13-3-2-4-14(19)10-13)11-20-18(22)9-12-7-15-5-6-16(8-12)21-15/h2-4,10,12,15-17,21H,5-9,11H2,1H3,(H,20,22). The van der Waals surface area contributed by atoms with Crippen LogP contribution in [0.15, 0.2) is 24.3 Å². The highest BCUT2D eigenvalue weighted by Crippen LogP contribution is 2.32. The van der Waals surface area contributed by atoms with Crippen LogP contribution in [0.1, 0.15) is 43.8 Å². The number of methoxy groups -OCH3 is 1. The molecule has 3 unspecified atom stereocenters. The van der Waals surface area contributed by atoms with Crippen LogP contribution < -0.4 is 10.6 Å². The maximum Gasteiger partial charge on any atom is 0.220 e. The number of amides is 1. The Morgan fingerprint density at radius 2 is 2.13 bits per heavy atom. The lowest BCUT2D eigenvalue weighted by Crippen LogP contribution is -2.40. The van der Waals surface area contributed by atoms with Gasteiger partial charge in [-0.2, -0.15) is 0 Å². The maximum absolute atomic E-state index is 12.3. The summed E-state index contributed by atoms with van der Waals surface area (Å²) in [4.78, 5) is 12.3. The Kier molecular flexibility index (Phi) is 5.57. The van der Waals surface area contributed by atoms with Crippen LogP contribution in [0, 0.1) is 5.92 Å².